The third kappa shape index (κ3) is 3.73. The van der Waals surface area contributed by atoms with Gasteiger partial charge in [0.05, 0.1) is 10.7 Å². The number of nitrogens with zero attached hydrogens (tertiary/aromatic N) is 3. The smallest absolute Gasteiger partial charge is 0.151 e. The molecule has 0 saturated carbocycles. The van der Waals surface area contributed by atoms with Gasteiger partial charge in [0, 0.05) is 19.0 Å². The second-order valence-electron chi connectivity index (χ2n) is 4.04. The minimum atomic E-state index is 0.353. The molecule has 5 heteroatoms. The summed E-state index contributed by atoms with van der Waals surface area (Å²) >= 11 is 4.89. The number of anilines is 1. The summed E-state index contributed by atoms with van der Waals surface area (Å²) in [6.07, 6.45) is 0.697. The summed E-state index contributed by atoms with van der Waals surface area (Å²) < 4.78 is 0. The Morgan fingerprint density at radius 1 is 1.44 bits per heavy atom. The van der Waals surface area contributed by atoms with Crippen LogP contribution < -0.4 is 10.6 Å². The second-order valence-corrected chi connectivity index (χ2v) is 4.56. The van der Waals surface area contributed by atoms with Gasteiger partial charge >= 0.3 is 0 Å². The van der Waals surface area contributed by atoms with E-state index < -0.39 is 0 Å². The van der Waals surface area contributed by atoms with E-state index in [4.69, 9.17) is 18.0 Å². The van der Waals surface area contributed by atoms with Crippen molar-refractivity contribution in [3.63, 3.8) is 0 Å². The van der Waals surface area contributed by atoms with Crippen LogP contribution >= 0.6 is 12.2 Å². The first-order valence-corrected chi connectivity index (χ1v) is 5.77. The summed E-state index contributed by atoms with van der Waals surface area (Å²) in [5.41, 5.74) is 6.43. The molecule has 0 aliphatic carbocycles. The van der Waals surface area contributed by atoms with Crippen LogP contribution in [0, 0.1) is 6.92 Å². The highest BCUT2D eigenvalue weighted by atomic mass is 32.1. The van der Waals surface area contributed by atoms with Crippen LogP contribution in [0.1, 0.15) is 26.0 Å². The van der Waals surface area contributed by atoms with Crippen LogP contribution in [0.2, 0.25) is 0 Å². The summed E-state index contributed by atoms with van der Waals surface area (Å²) in [6.45, 7) is 6.93. The fourth-order valence-corrected chi connectivity index (χ4v) is 1.50. The zero-order chi connectivity index (χ0) is 12.1. The van der Waals surface area contributed by atoms with E-state index in [9.17, 15) is 0 Å². The van der Waals surface area contributed by atoms with Crippen LogP contribution in [0.25, 0.3) is 0 Å². The van der Waals surface area contributed by atoms with Crippen molar-refractivity contribution >= 4 is 23.0 Å². The van der Waals surface area contributed by atoms with E-state index in [-0.39, 0.29) is 0 Å². The van der Waals surface area contributed by atoms with Gasteiger partial charge in [0.25, 0.3) is 0 Å². The average molecular weight is 238 g/mol. The largest absolute Gasteiger partial charge is 0.393 e. The number of thiocarbonyl (C=S) groups is 1. The number of rotatable bonds is 5. The lowest BCUT2D eigenvalue weighted by Gasteiger charge is -2.27. The molecule has 16 heavy (non-hydrogen) atoms. The zero-order valence-corrected chi connectivity index (χ0v) is 10.8. The molecule has 0 aliphatic rings. The Labute approximate surface area is 102 Å². The Bertz CT molecular complexity index is 348. The van der Waals surface area contributed by atoms with Crippen molar-refractivity contribution in [1.82, 2.24) is 10.2 Å². The maximum Gasteiger partial charge on any atom is 0.151 e. The Morgan fingerprint density at radius 2 is 2.12 bits per heavy atom. The topological polar surface area (TPSA) is 55.0 Å². The van der Waals surface area contributed by atoms with Crippen molar-refractivity contribution in [2.24, 2.45) is 5.73 Å². The minimum Gasteiger partial charge on any atom is -0.393 e. The van der Waals surface area contributed by atoms with Crippen LogP contribution in [0.4, 0.5) is 5.82 Å². The third-order valence-corrected chi connectivity index (χ3v) is 2.50. The lowest BCUT2D eigenvalue weighted by molar-refractivity contribution is 0.673. The maximum absolute atomic E-state index is 5.51. The second kappa shape index (κ2) is 5.75. The highest BCUT2D eigenvalue weighted by Gasteiger charge is 2.12. The zero-order valence-electron chi connectivity index (χ0n) is 9.97. The molecule has 0 bridgehead atoms. The summed E-state index contributed by atoms with van der Waals surface area (Å²) in [5, 5.41) is 8.22. The standard InChI is InChI=1S/C11H18N4S/c1-8(2)15(7-6-10(12)16)11-5-4-9(3)13-14-11/h4-5,8H,6-7H2,1-3H3,(H2,12,16). The van der Waals surface area contributed by atoms with E-state index in [0.29, 0.717) is 17.5 Å². The van der Waals surface area contributed by atoms with Gasteiger partial charge in [-0.1, -0.05) is 12.2 Å². The molecule has 0 unspecified atom stereocenters. The van der Waals surface area contributed by atoms with Crippen LogP contribution in [-0.2, 0) is 0 Å². The van der Waals surface area contributed by atoms with Crippen molar-refractivity contribution in [3.05, 3.63) is 17.8 Å². The first-order valence-electron chi connectivity index (χ1n) is 5.36. The summed E-state index contributed by atoms with van der Waals surface area (Å²) in [7, 11) is 0. The third-order valence-electron chi connectivity index (χ3n) is 2.30. The number of aryl methyl sites for hydroxylation is 1. The molecule has 1 rings (SSSR count). The van der Waals surface area contributed by atoms with Gasteiger partial charge in [-0.25, -0.2) is 0 Å². The molecule has 88 valence electrons. The molecule has 2 N–H and O–H groups in total. The van der Waals surface area contributed by atoms with Crippen LogP contribution in [0.5, 0.6) is 0 Å². The molecule has 0 spiro atoms. The van der Waals surface area contributed by atoms with E-state index in [2.05, 4.69) is 28.9 Å². The number of hydrogen-bond acceptors (Lipinski definition) is 4. The first-order chi connectivity index (χ1) is 7.50. The molecule has 0 aliphatic heterocycles. The molecule has 0 fully saturated rings. The molecule has 4 nitrogen and oxygen atoms in total. The predicted octanol–water partition coefficient (Wildman–Crippen LogP) is 1.68. The van der Waals surface area contributed by atoms with E-state index in [0.717, 1.165) is 18.1 Å². The molecule has 1 aromatic heterocycles. The Morgan fingerprint density at radius 3 is 2.56 bits per heavy atom. The molecule has 1 heterocycles. The SMILES string of the molecule is Cc1ccc(N(CCC(N)=S)C(C)C)nn1. The van der Waals surface area contributed by atoms with E-state index in [1.165, 1.54) is 0 Å². The fraction of sp³-hybridized carbons (Fsp3) is 0.545. The van der Waals surface area contributed by atoms with Gasteiger partial charge < -0.3 is 10.6 Å². The summed E-state index contributed by atoms with van der Waals surface area (Å²) in [5.74, 6) is 0.872. The molecule has 0 radical (unpaired) electrons. The summed E-state index contributed by atoms with van der Waals surface area (Å²) in [6, 6.07) is 4.28. The Balaban J connectivity index is 2.77. The van der Waals surface area contributed by atoms with Gasteiger partial charge in [-0.05, 0) is 32.9 Å². The van der Waals surface area contributed by atoms with Crippen LogP contribution in [-0.4, -0.2) is 27.8 Å². The van der Waals surface area contributed by atoms with Crippen molar-refractivity contribution in [2.45, 2.75) is 33.2 Å². The van der Waals surface area contributed by atoms with E-state index >= 15 is 0 Å². The molecule has 0 saturated heterocycles. The van der Waals surface area contributed by atoms with Crippen molar-refractivity contribution in [1.29, 1.82) is 0 Å². The molecule has 0 atom stereocenters. The van der Waals surface area contributed by atoms with Gasteiger partial charge in [0.1, 0.15) is 0 Å². The summed E-state index contributed by atoms with van der Waals surface area (Å²) in [4.78, 5) is 2.68. The lowest BCUT2D eigenvalue weighted by Crippen LogP contribution is -2.34. The quantitative estimate of drug-likeness (QED) is 0.791. The maximum atomic E-state index is 5.51. The van der Waals surface area contributed by atoms with Gasteiger partial charge in [-0.2, -0.15) is 5.10 Å². The first kappa shape index (κ1) is 12.8. The van der Waals surface area contributed by atoms with Crippen molar-refractivity contribution in [3.8, 4) is 0 Å². The molecular weight excluding hydrogens is 220 g/mol. The van der Waals surface area contributed by atoms with Crippen molar-refractivity contribution < 1.29 is 0 Å². The van der Waals surface area contributed by atoms with Gasteiger partial charge in [-0.3, -0.25) is 0 Å². The number of aromatic nitrogens is 2. The van der Waals surface area contributed by atoms with Gasteiger partial charge in [0.2, 0.25) is 0 Å². The highest BCUT2D eigenvalue weighted by Crippen LogP contribution is 2.13. The number of hydrogen-bond donors (Lipinski definition) is 1. The monoisotopic (exact) mass is 238 g/mol. The lowest BCUT2D eigenvalue weighted by atomic mass is 10.2. The normalized spacial score (nSPS) is 10.5. The molecule has 1 aromatic rings. The van der Waals surface area contributed by atoms with Crippen LogP contribution in [0.15, 0.2) is 12.1 Å². The van der Waals surface area contributed by atoms with E-state index in [1.54, 1.807) is 0 Å². The molecule has 0 aromatic carbocycles. The van der Waals surface area contributed by atoms with Crippen LogP contribution in [0.3, 0.4) is 0 Å². The average Bonchev–Trinajstić information content (AvgIpc) is 2.20. The highest BCUT2D eigenvalue weighted by molar-refractivity contribution is 7.80. The number of nitrogens with two attached hydrogens (primary N) is 1. The Kier molecular flexibility index (Phi) is 4.61. The predicted molar refractivity (Wildman–Crippen MR) is 70.7 cm³/mol. The molecule has 0 amide bonds. The van der Waals surface area contributed by atoms with E-state index in [1.807, 2.05) is 19.1 Å². The van der Waals surface area contributed by atoms with Gasteiger partial charge in [0.15, 0.2) is 5.82 Å². The molecular formula is C11H18N4S. The van der Waals surface area contributed by atoms with Gasteiger partial charge in [-0.15, -0.1) is 5.10 Å². The van der Waals surface area contributed by atoms with Crippen molar-refractivity contribution in [2.75, 3.05) is 11.4 Å². The fourth-order valence-electron chi connectivity index (χ4n) is 1.41. The Hall–Kier alpha value is -1.23. The minimum absolute atomic E-state index is 0.353.